The Kier molecular flexibility index (Phi) is 12.8. The zero-order valence-electron chi connectivity index (χ0n) is 37.1. The second-order valence-electron chi connectivity index (χ2n) is 20.0. The predicted octanol–water partition coefficient (Wildman–Crippen LogP) is 11.4. The number of aromatic hydroxyl groups is 2. The molecule has 0 aliphatic heterocycles. The number of carbonyl (C=O) groups is 2. The quantitative estimate of drug-likeness (QED) is 0.0973. The van der Waals surface area contributed by atoms with Crippen LogP contribution in [0.5, 0.6) is 23.0 Å². The van der Waals surface area contributed by atoms with Crippen LogP contribution in [0.2, 0.25) is 0 Å². The van der Waals surface area contributed by atoms with E-state index in [4.69, 9.17) is 20.5 Å². The van der Waals surface area contributed by atoms with Crippen molar-refractivity contribution in [3.63, 3.8) is 0 Å². The molecule has 0 atom stereocenters. The van der Waals surface area contributed by atoms with Gasteiger partial charge in [-0.2, -0.15) is 0 Å². The van der Waals surface area contributed by atoms with Gasteiger partial charge in [0.25, 0.3) is 11.8 Å². The fraction of sp³-hybridized carbons (Fsp3) is 0.458. The number of carbonyl (C=O) groups excluding carboxylic acids is 2. The van der Waals surface area contributed by atoms with Gasteiger partial charge < -0.3 is 19.7 Å². The third-order valence-corrected chi connectivity index (χ3v) is 11.0. The topological polar surface area (TPSA) is 191 Å². The van der Waals surface area contributed by atoms with Crippen LogP contribution in [0, 0.1) is 0 Å². The van der Waals surface area contributed by atoms with E-state index in [9.17, 15) is 19.8 Å². The summed E-state index contributed by atoms with van der Waals surface area (Å²) in [6, 6.07) is 16.1. The molecular weight excluding hydrogens is 757 g/mol. The van der Waals surface area contributed by atoms with Crippen LogP contribution in [0.15, 0.2) is 58.8 Å². The van der Waals surface area contributed by atoms with Crippen molar-refractivity contribution >= 4 is 11.8 Å². The number of azide groups is 2. The second-order valence-corrected chi connectivity index (χ2v) is 20.0. The minimum absolute atomic E-state index is 0.0745. The van der Waals surface area contributed by atoms with E-state index < -0.39 is 25.0 Å². The molecule has 0 fully saturated rings. The van der Waals surface area contributed by atoms with Gasteiger partial charge in [0.15, 0.2) is 13.2 Å². The van der Waals surface area contributed by atoms with Crippen LogP contribution < -0.4 is 9.47 Å². The van der Waals surface area contributed by atoms with E-state index in [1.54, 1.807) is 0 Å². The average molecular weight is 815 g/mol. The Balaban J connectivity index is 1.95. The van der Waals surface area contributed by atoms with Crippen LogP contribution in [0.3, 0.4) is 0 Å². The van der Waals surface area contributed by atoms with E-state index in [1.807, 2.05) is 48.5 Å². The minimum atomic E-state index is -0.786. The Labute approximate surface area is 353 Å². The van der Waals surface area contributed by atoms with E-state index in [0.29, 0.717) is 56.0 Å². The molecule has 2 N–H and O–H groups in total. The summed E-state index contributed by atoms with van der Waals surface area (Å²) >= 11 is 0. The molecule has 1 aliphatic rings. The number of phenolic OH excluding ortho intramolecular Hbond substituents is 2. The van der Waals surface area contributed by atoms with Gasteiger partial charge in [0.05, 0.1) is 0 Å². The first kappa shape index (κ1) is 45.1. The molecule has 0 radical (unpaired) electrons. The maximum Gasteiger partial charge on any atom is 0.256 e. The zero-order chi connectivity index (χ0) is 44.5. The van der Waals surface area contributed by atoms with Gasteiger partial charge in [-0.05, 0) is 110 Å². The van der Waals surface area contributed by atoms with Gasteiger partial charge >= 0.3 is 0 Å². The number of fused-ring (bicyclic) bond motifs is 8. The molecule has 5 rings (SSSR count). The molecule has 0 unspecified atom stereocenters. The SMILES string of the molecule is CC(C)(C)c1cc2c(O)c(c1)Cc1cc(C(C)(C)C)cc(c1OCC(=O)N=[N+]=[N-])Cc1cc(C(C)(C)C)cc(c1O)Cc1cc(C(C)(C)C)cc(c1OCC(=O)N=[N+]=[N-])C2. The largest absolute Gasteiger partial charge is 0.507 e. The summed E-state index contributed by atoms with van der Waals surface area (Å²) < 4.78 is 12.6. The highest BCUT2D eigenvalue weighted by atomic mass is 16.5. The van der Waals surface area contributed by atoms with Crippen molar-refractivity contribution < 1.29 is 29.3 Å². The summed E-state index contributed by atoms with van der Waals surface area (Å²) in [6.07, 6.45) is 0.838. The molecule has 0 heterocycles. The van der Waals surface area contributed by atoms with Gasteiger partial charge in [-0.1, -0.05) is 132 Å². The van der Waals surface area contributed by atoms with E-state index in [2.05, 4.69) is 103 Å². The second kappa shape index (κ2) is 17.0. The highest BCUT2D eigenvalue weighted by molar-refractivity contribution is 5.79. The Morgan fingerprint density at radius 1 is 0.483 bits per heavy atom. The molecule has 12 nitrogen and oxygen atoms in total. The molecule has 0 saturated carbocycles. The normalized spacial score (nSPS) is 13.1. The summed E-state index contributed by atoms with van der Waals surface area (Å²) in [5.41, 5.74) is 25.9. The number of nitrogens with zero attached hydrogens (tertiary/aromatic N) is 6. The van der Waals surface area contributed by atoms with E-state index >= 15 is 0 Å². The van der Waals surface area contributed by atoms with Crippen molar-refractivity contribution in [3.05, 3.63) is 136 Å². The van der Waals surface area contributed by atoms with Crippen LogP contribution in [0.25, 0.3) is 20.9 Å². The Hall–Kier alpha value is -5.96. The fourth-order valence-electron chi connectivity index (χ4n) is 7.44. The lowest BCUT2D eigenvalue weighted by molar-refractivity contribution is -0.120. The first-order valence-electron chi connectivity index (χ1n) is 20.2. The number of amides is 2. The van der Waals surface area contributed by atoms with Gasteiger partial charge in [0.2, 0.25) is 0 Å². The molecule has 0 saturated heterocycles. The van der Waals surface area contributed by atoms with Gasteiger partial charge in [0, 0.05) is 35.5 Å². The van der Waals surface area contributed by atoms with Crippen molar-refractivity contribution in [2.24, 2.45) is 10.2 Å². The molecular formula is C48H58N6O6. The first-order valence-corrected chi connectivity index (χ1v) is 20.2. The molecule has 12 heteroatoms. The summed E-state index contributed by atoms with van der Waals surface area (Å²) in [5, 5.41) is 31.2. The van der Waals surface area contributed by atoms with Crippen LogP contribution >= 0.6 is 0 Å². The monoisotopic (exact) mass is 814 g/mol. The van der Waals surface area contributed by atoms with E-state index in [1.165, 1.54) is 0 Å². The molecule has 4 aromatic rings. The molecule has 60 heavy (non-hydrogen) atoms. The molecule has 1 aliphatic carbocycles. The molecule has 2 amide bonds. The summed E-state index contributed by atoms with van der Waals surface area (Å²) in [7, 11) is 0. The van der Waals surface area contributed by atoms with Crippen molar-refractivity contribution in [2.75, 3.05) is 13.2 Å². The van der Waals surface area contributed by atoms with Gasteiger partial charge in [-0.25, -0.2) is 0 Å². The Bertz CT molecular complexity index is 2180. The predicted molar refractivity (Wildman–Crippen MR) is 234 cm³/mol. The number of ether oxygens (including phenoxy) is 2. The van der Waals surface area contributed by atoms with E-state index in [0.717, 1.165) is 22.3 Å². The fourth-order valence-corrected chi connectivity index (χ4v) is 7.44. The van der Waals surface area contributed by atoms with Crippen LogP contribution in [-0.2, 0) is 56.9 Å². The summed E-state index contributed by atoms with van der Waals surface area (Å²) in [5.74, 6) is -0.615. The molecule has 316 valence electrons. The third-order valence-electron chi connectivity index (χ3n) is 11.0. The van der Waals surface area contributed by atoms with Gasteiger partial charge in [0.1, 0.15) is 23.0 Å². The minimum Gasteiger partial charge on any atom is -0.507 e. The third kappa shape index (κ3) is 10.4. The maximum atomic E-state index is 12.6. The standard InChI is InChI=1S/C48H58N6O6/c1-45(2,3)35-17-27-13-31-21-37(47(7,8)9)23-33(43(31)59-25-39(55)51-53-49)15-29-19-36(46(4,5)6)20-30(42(29)58)16-34-24-38(48(10,11)12)22-32(14-28(18-35)41(27)57)44(34)60-26-40(56)52-54-50/h17-24,57-58H,13-16,25-26H2,1-12H3. The number of hydrogen-bond donors (Lipinski definition) is 2. The number of phenols is 2. The number of rotatable bonds is 6. The molecule has 8 bridgehead atoms. The molecule has 0 spiro atoms. The van der Waals surface area contributed by atoms with Crippen molar-refractivity contribution in [2.45, 2.75) is 130 Å². The smallest absolute Gasteiger partial charge is 0.256 e. The molecule has 0 aromatic heterocycles. The van der Waals surface area contributed by atoms with Crippen LogP contribution in [0.4, 0.5) is 0 Å². The van der Waals surface area contributed by atoms with Gasteiger partial charge in [-0.3, -0.25) is 9.59 Å². The van der Waals surface area contributed by atoms with E-state index in [-0.39, 0.29) is 58.8 Å². The Morgan fingerprint density at radius 2 is 0.700 bits per heavy atom. The highest BCUT2D eigenvalue weighted by Crippen LogP contribution is 2.43. The lowest BCUT2D eigenvalue weighted by Gasteiger charge is -2.28. The lowest BCUT2D eigenvalue weighted by Crippen LogP contribution is -2.18. The zero-order valence-corrected chi connectivity index (χ0v) is 37.1. The summed E-state index contributed by atoms with van der Waals surface area (Å²) in [4.78, 5) is 30.6. The maximum absolute atomic E-state index is 12.6. The Morgan fingerprint density at radius 3 is 0.900 bits per heavy atom. The van der Waals surface area contributed by atoms with Crippen molar-refractivity contribution in [1.82, 2.24) is 0 Å². The summed E-state index contributed by atoms with van der Waals surface area (Å²) in [6.45, 7) is 24.3. The van der Waals surface area contributed by atoms with Crippen molar-refractivity contribution in [3.8, 4) is 23.0 Å². The van der Waals surface area contributed by atoms with Gasteiger partial charge in [-0.15, -0.1) is 0 Å². The van der Waals surface area contributed by atoms with Crippen LogP contribution in [0.1, 0.15) is 150 Å². The van der Waals surface area contributed by atoms with Crippen molar-refractivity contribution in [1.29, 1.82) is 0 Å². The number of benzene rings is 4. The lowest BCUT2D eigenvalue weighted by atomic mass is 9.79. The first-order chi connectivity index (χ1) is 27.8. The number of hydrogen-bond acceptors (Lipinski definition) is 6. The molecule has 4 aromatic carbocycles. The highest BCUT2D eigenvalue weighted by Gasteiger charge is 2.29. The van der Waals surface area contributed by atoms with Crippen LogP contribution in [-0.4, -0.2) is 35.2 Å². The average Bonchev–Trinajstić information content (AvgIpc) is 3.12.